The Morgan fingerprint density at radius 1 is 0.317 bits per heavy atom. The Labute approximate surface area is 252 Å². The molecule has 0 aliphatic carbocycles. The third kappa shape index (κ3) is 5.14. The first-order valence-corrected chi connectivity index (χ1v) is 13.4. The lowest BCUT2D eigenvalue weighted by Gasteiger charge is -2.26. The largest absolute Gasteiger partial charge is 0.311 e. The summed E-state index contributed by atoms with van der Waals surface area (Å²) in [6.45, 7) is 0. The fourth-order valence-corrected chi connectivity index (χ4v) is 4.90. The van der Waals surface area contributed by atoms with E-state index in [0.29, 0.717) is 16.8 Å². The molecule has 0 fully saturated rings. The van der Waals surface area contributed by atoms with Gasteiger partial charge in [0.25, 0.3) is 0 Å². The summed E-state index contributed by atoms with van der Waals surface area (Å²) < 4.78 is 72.8. The molecule has 0 spiro atoms. The Kier molecular flexibility index (Phi) is 4.65. The smallest absolute Gasteiger partial charge is 0.0645 e. The van der Waals surface area contributed by atoms with Gasteiger partial charge in [-0.25, -0.2) is 0 Å². The molecule has 0 unspecified atom stereocenters. The Balaban J connectivity index is 1.42. The summed E-state index contributed by atoms with van der Waals surface area (Å²) in [6.07, 6.45) is 0. The van der Waals surface area contributed by atoms with E-state index in [2.05, 4.69) is 6.07 Å². The third-order valence-electron chi connectivity index (χ3n) is 6.98. The molecule has 7 rings (SSSR count). The molecule has 0 heterocycles. The van der Waals surface area contributed by atoms with Crippen LogP contribution in [0.1, 0.15) is 11.0 Å². The van der Waals surface area contributed by atoms with Gasteiger partial charge in [0.15, 0.2) is 0 Å². The number of anilines is 3. The van der Waals surface area contributed by atoms with Gasteiger partial charge in [-0.05, 0) is 92.6 Å². The molecule has 0 atom stereocenters. The van der Waals surface area contributed by atoms with Gasteiger partial charge in [-0.15, -0.1) is 0 Å². The van der Waals surface area contributed by atoms with Crippen LogP contribution >= 0.6 is 0 Å². The summed E-state index contributed by atoms with van der Waals surface area (Å²) in [5, 5.41) is 2.18. The van der Waals surface area contributed by atoms with E-state index in [4.69, 9.17) is 8.22 Å². The van der Waals surface area contributed by atoms with Crippen molar-refractivity contribution >= 4 is 27.8 Å². The van der Waals surface area contributed by atoms with E-state index in [0.717, 1.165) is 21.9 Å². The van der Waals surface area contributed by atoms with Gasteiger partial charge < -0.3 is 4.90 Å². The van der Waals surface area contributed by atoms with Crippen molar-refractivity contribution in [3.63, 3.8) is 0 Å². The highest BCUT2D eigenvalue weighted by atomic mass is 15.1. The number of para-hydroxylation sites is 1. The highest BCUT2D eigenvalue weighted by Gasteiger charge is 2.13. The number of hydrogen-bond acceptors (Lipinski definition) is 1. The van der Waals surface area contributed by atoms with Crippen molar-refractivity contribution in [2.24, 2.45) is 0 Å². The highest BCUT2D eigenvalue weighted by molar-refractivity contribution is 5.88. The Morgan fingerprint density at radius 3 is 1.46 bits per heavy atom. The monoisotopic (exact) mass is 531 g/mol. The summed E-state index contributed by atoms with van der Waals surface area (Å²) in [5.74, 6) is 0. The zero-order valence-corrected chi connectivity index (χ0v) is 22.1. The van der Waals surface area contributed by atoms with Crippen LogP contribution in [0.15, 0.2) is 176 Å². The van der Waals surface area contributed by atoms with Gasteiger partial charge >= 0.3 is 0 Å². The predicted octanol–water partition coefficient (Wildman–Crippen LogP) is 11.3. The Morgan fingerprint density at radius 2 is 0.805 bits per heavy atom. The van der Waals surface area contributed by atoms with Crippen LogP contribution in [0.5, 0.6) is 0 Å². The van der Waals surface area contributed by atoms with Gasteiger partial charge in [-0.3, -0.25) is 0 Å². The van der Waals surface area contributed by atoms with E-state index < -0.39 is 0 Å². The molecule has 7 aromatic carbocycles. The second-order valence-electron chi connectivity index (χ2n) is 9.63. The molecular formula is C40H29N. The third-order valence-corrected chi connectivity index (χ3v) is 6.98. The van der Waals surface area contributed by atoms with Crippen molar-refractivity contribution in [1.82, 2.24) is 0 Å². The first-order valence-electron chi connectivity index (χ1n) is 17.4. The van der Waals surface area contributed by atoms with Crippen LogP contribution in [0.2, 0.25) is 0 Å². The first-order chi connectivity index (χ1) is 23.7. The predicted molar refractivity (Wildman–Crippen MR) is 175 cm³/mol. The number of fused-ring (bicyclic) bond motifs is 1. The van der Waals surface area contributed by atoms with E-state index in [1.807, 2.05) is 54.6 Å². The minimum Gasteiger partial charge on any atom is -0.311 e. The quantitative estimate of drug-likeness (QED) is 0.206. The Hall–Kier alpha value is -5.40. The molecule has 0 aliphatic rings. The van der Waals surface area contributed by atoms with Crippen molar-refractivity contribution < 1.29 is 11.0 Å². The van der Waals surface area contributed by atoms with Gasteiger partial charge in [0.2, 0.25) is 0 Å². The molecule has 0 aliphatic heterocycles. The Bertz CT molecular complexity index is 2320. The van der Waals surface area contributed by atoms with E-state index in [9.17, 15) is 2.74 Å². The molecular weight excluding hydrogens is 494 g/mol. The highest BCUT2D eigenvalue weighted by Crippen LogP contribution is 2.37. The van der Waals surface area contributed by atoms with Crippen molar-refractivity contribution in [2.75, 3.05) is 4.90 Å². The zero-order chi connectivity index (χ0) is 34.4. The molecule has 0 bridgehead atoms. The summed E-state index contributed by atoms with van der Waals surface area (Å²) in [6, 6.07) is 36.3. The lowest BCUT2D eigenvalue weighted by atomic mass is 9.97. The van der Waals surface area contributed by atoms with Crippen molar-refractivity contribution in [1.29, 1.82) is 0 Å². The molecule has 7 aromatic rings. The summed E-state index contributed by atoms with van der Waals surface area (Å²) in [7, 11) is 0. The lowest BCUT2D eigenvalue weighted by Crippen LogP contribution is -2.09. The van der Waals surface area contributed by atoms with Gasteiger partial charge in [0.05, 0.1) is 11.0 Å². The van der Waals surface area contributed by atoms with Crippen molar-refractivity contribution in [3.05, 3.63) is 176 Å². The van der Waals surface area contributed by atoms with E-state index in [1.54, 1.807) is 66.7 Å². The average molecular weight is 532 g/mol. The van der Waals surface area contributed by atoms with Crippen LogP contribution in [-0.4, -0.2) is 0 Å². The van der Waals surface area contributed by atoms with Crippen LogP contribution < -0.4 is 4.90 Å². The second kappa shape index (κ2) is 11.0. The first kappa shape index (κ1) is 17.3. The standard InChI is InChI=1S/C40H29N/c1-3-10-30(11-4-1)32-20-24-39(25-21-32)41(38-16-5-2-6-17-38)40-26-22-33(23-27-40)35-14-9-15-36(28-35)37-19-18-31-12-7-8-13-34(31)29-37/h1-29H/i20D,21D,22D,23D,24D,25D,26D,27D. The van der Waals surface area contributed by atoms with Crippen LogP contribution in [-0.2, 0) is 0 Å². The van der Waals surface area contributed by atoms with Crippen LogP contribution in [0.25, 0.3) is 44.2 Å². The number of benzene rings is 7. The number of nitrogens with zero attached hydrogens (tertiary/aromatic N) is 1. The average Bonchev–Trinajstić information content (AvgIpc) is 3.13. The second-order valence-corrected chi connectivity index (χ2v) is 9.63. The molecule has 0 amide bonds. The molecule has 0 saturated heterocycles. The van der Waals surface area contributed by atoms with E-state index in [1.165, 1.54) is 4.90 Å². The normalized spacial score (nSPS) is 13.7. The van der Waals surface area contributed by atoms with Gasteiger partial charge in [-0.1, -0.05) is 127 Å². The summed E-state index contributed by atoms with van der Waals surface area (Å²) in [5.41, 5.74) is 3.11. The van der Waals surface area contributed by atoms with Gasteiger partial charge in [-0.2, -0.15) is 0 Å². The molecule has 0 saturated carbocycles. The molecule has 0 aromatic heterocycles. The molecule has 0 radical (unpaired) electrons. The lowest BCUT2D eigenvalue weighted by molar-refractivity contribution is 1.28. The molecule has 194 valence electrons. The van der Waals surface area contributed by atoms with Crippen molar-refractivity contribution in [2.45, 2.75) is 0 Å². The SMILES string of the molecule is [2H]c1c([2H])c(N(c2ccccc2)c2c([2H])c([2H])c(-c3cccc(-c4ccc5ccccc5c4)c3)c([2H])c2[2H])c([2H])c([2H])c1-c1ccccc1. The van der Waals surface area contributed by atoms with Crippen LogP contribution in [0, 0.1) is 0 Å². The molecule has 1 heteroatoms. The fraction of sp³-hybridized carbons (Fsp3) is 0. The topological polar surface area (TPSA) is 3.24 Å². The maximum atomic E-state index is 9.24. The van der Waals surface area contributed by atoms with Crippen molar-refractivity contribution in [3.8, 4) is 33.4 Å². The van der Waals surface area contributed by atoms with Gasteiger partial charge in [0, 0.05) is 17.1 Å². The number of rotatable bonds is 6. The minimum atomic E-state index is -0.375. The fourth-order valence-electron chi connectivity index (χ4n) is 4.90. The maximum Gasteiger partial charge on any atom is 0.0645 e. The summed E-state index contributed by atoms with van der Waals surface area (Å²) in [4.78, 5) is 1.31. The van der Waals surface area contributed by atoms with E-state index in [-0.39, 0.29) is 70.8 Å². The molecule has 41 heavy (non-hydrogen) atoms. The van der Waals surface area contributed by atoms with Gasteiger partial charge in [0.1, 0.15) is 0 Å². The molecule has 1 nitrogen and oxygen atoms in total. The van der Waals surface area contributed by atoms with Crippen LogP contribution in [0.3, 0.4) is 0 Å². The number of hydrogen-bond donors (Lipinski definition) is 0. The maximum absolute atomic E-state index is 9.24. The van der Waals surface area contributed by atoms with E-state index >= 15 is 0 Å². The molecule has 0 N–H and O–H groups in total. The minimum absolute atomic E-state index is 0.119. The van der Waals surface area contributed by atoms with Crippen LogP contribution in [0.4, 0.5) is 17.1 Å². The zero-order valence-electron chi connectivity index (χ0n) is 30.1. The summed E-state index contributed by atoms with van der Waals surface area (Å²) >= 11 is 0.